The molecule has 0 aromatic heterocycles. The quantitative estimate of drug-likeness (QED) is 0.583. The molecule has 2 amide bonds. The van der Waals surface area contributed by atoms with Gasteiger partial charge in [0.2, 0.25) is 0 Å². The SMILES string of the molecule is CC1=CCCN(C(=O)NC[C@H](O)C(=O)O)C1. The number of urea groups is 1. The van der Waals surface area contributed by atoms with E-state index in [-0.39, 0.29) is 12.6 Å². The van der Waals surface area contributed by atoms with E-state index in [2.05, 4.69) is 11.4 Å². The number of carboxylic acids is 1. The Labute approximate surface area is 93.5 Å². The Balaban J connectivity index is 2.36. The van der Waals surface area contributed by atoms with Crippen LogP contribution in [-0.2, 0) is 4.79 Å². The maximum Gasteiger partial charge on any atom is 0.334 e. The lowest BCUT2D eigenvalue weighted by Gasteiger charge is -2.26. The standard InChI is InChI=1S/C10H16N2O4/c1-7-3-2-4-12(6-7)10(16)11-5-8(13)9(14)15/h3,8,13H,2,4-6H2,1H3,(H,11,16)(H,14,15)/t8-/m0/s1. The van der Waals surface area contributed by atoms with Gasteiger partial charge in [-0.3, -0.25) is 0 Å². The second-order valence-corrected chi connectivity index (χ2v) is 3.80. The molecule has 0 aromatic rings. The number of hydrogen-bond donors (Lipinski definition) is 3. The zero-order valence-corrected chi connectivity index (χ0v) is 9.14. The van der Waals surface area contributed by atoms with Gasteiger partial charge in [0.05, 0.1) is 6.54 Å². The highest BCUT2D eigenvalue weighted by molar-refractivity contribution is 5.77. The van der Waals surface area contributed by atoms with E-state index in [1.165, 1.54) is 0 Å². The summed E-state index contributed by atoms with van der Waals surface area (Å²) < 4.78 is 0. The van der Waals surface area contributed by atoms with Crippen LogP contribution >= 0.6 is 0 Å². The minimum absolute atomic E-state index is 0.270. The van der Waals surface area contributed by atoms with Gasteiger partial charge in [0, 0.05) is 13.1 Å². The molecule has 6 heteroatoms. The fourth-order valence-corrected chi connectivity index (χ4v) is 1.47. The number of hydrogen-bond acceptors (Lipinski definition) is 3. The zero-order chi connectivity index (χ0) is 12.1. The first-order valence-corrected chi connectivity index (χ1v) is 5.10. The van der Waals surface area contributed by atoms with E-state index >= 15 is 0 Å². The number of carbonyl (C=O) groups excluding carboxylic acids is 1. The van der Waals surface area contributed by atoms with Crippen molar-refractivity contribution in [2.75, 3.05) is 19.6 Å². The molecule has 1 aliphatic heterocycles. The van der Waals surface area contributed by atoms with Crippen molar-refractivity contribution >= 4 is 12.0 Å². The Morgan fingerprint density at radius 3 is 2.88 bits per heavy atom. The molecule has 0 aromatic carbocycles. The van der Waals surface area contributed by atoms with Crippen molar-refractivity contribution in [2.24, 2.45) is 0 Å². The molecule has 6 nitrogen and oxygen atoms in total. The number of rotatable bonds is 3. The van der Waals surface area contributed by atoms with Crippen LogP contribution in [0.3, 0.4) is 0 Å². The van der Waals surface area contributed by atoms with Gasteiger partial charge < -0.3 is 20.4 Å². The lowest BCUT2D eigenvalue weighted by atomic mass is 10.1. The average molecular weight is 228 g/mol. The van der Waals surface area contributed by atoms with Crippen molar-refractivity contribution in [1.29, 1.82) is 0 Å². The Hall–Kier alpha value is -1.56. The first-order chi connectivity index (χ1) is 7.50. The Kier molecular flexibility index (Phi) is 4.30. The third kappa shape index (κ3) is 3.54. The molecule has 0 aliphatic carbocycles. The van der Waals surface area contributed by atoms with Crippen molar-refractivity contribution in [3.63, 3.8) is 0 Å². The van der Waals surface area contributed by atoms with Crippen LogP contribution in [0.25, 0.3) is 0 Å². The predicted octanol–water partition coefficient (Wildman–Crippen LogP) is -0.207. The minimum Gasteiger partial charge on any atom is -0.479 e. The molecule has 0 unspecified atom stereocenters. The van der Waals surface area contributed by atoms with Gasteiger partial charge in [0.1, 0.15) is 0 Å². The molecule has 0 saturated carbocycles. The monoisotopic (exact) mass is 228 g/mol. The van der Waals surface area contributed by atoms with Crippen LogP contribution in [0.1, 0.15) is 13.3 Å². The van der Waals surface area contributed by atoms with Gasteiger partial charge in [0.25, 0.3) is 0 Å². The predicted molar refractivity (Wildman–Crippen MR) is 57.0 cm³/mol. The molecule has 1 atom stereocenters. The van der Waals surface area contributed by atoms with Crippen molar-refractivity contribution in [1.82, 2.24) is 10.2 Å². The average Bonchev–Trinajstić information content (AvgIpc) is 2.25. The second-order valence-electron chi connectivity index (χ2n) is 3.80. The molecule has 1 heterocycles. The summed E-state index contributed by atoms with van der Waals surface area (Å²) >= 11 is 0. The smallest absolute Gasteiger partial charge is 0.334 e. The molecule has 0 radical (unpaired) electrons. The maximum absolute atomic E-state index is 11.6. The first-order valence-electron chi connectivity index (χ1n) is 5.10. The molecule has 0 saturated heterocycles. The van der Waals surface area contributed by atoms with E-state index in [1.54, 1.807) is 4.90 Å². The highest BCUT2D eigenvalue weighted by atomic mass is 16.4. The van der Waals surface area contributed by atoms with Crippen molar-refractivity contribution in [3.8, 4) is 0 Å². The highest BCUT2D eigenvalue weighted by Gasteiger charge is 2.19. The number of nitrogens with zero attached hydrogens (tertiary/aromatic N) is 1. The molecular formula is C10H16N2O4. The van der Waals surface area contributed by atoms with Crippen LogP contribution in [0.4, 0.5) is 4.79 Å². The third-order valence-corrected chi connectivity index (χ3v) is 2.35. The number of aliphatic carboxylic acids is 1. The van der Waals surface area contributed by atoms with Crippen molar-refractivity contribution in [3.05, 3.63) is 11.6 Å². The summed E-state index contributed by atoms with van der Waals surface area (Å²) in [6, 6.07) is -0.340. The van der Waals surface area contributed by atoms with Gasteiger partial charge in [-0.25, -0.2) is 9.59 Å². The largest absolute Gasteiger partial charge is 0.479 e. The van der Waals surface area contributed by atoms with Gasteiger partial charge in [-0.2, -0.15) is 0 Å². The fourth-order valence-electron chi connectivity index (χ4n) is 1.47. The topological polar surface area (TPSA) is 89.9 Å². The minimum atomic E-state index is -1.55. The van der Waals surface area contributed by atoms with Gasteiger partial charge in [-0.05, 0) is 13.3 Å². The Morgan fingerprint density at radius 2 is 2.31 bits per heavy atom. The lowest BCUT2D eigenvalue weighted by Crippen LogP contribution is -2.46. The number of amides is 2. The summed E-state index contributed by atoms with van der Waals surface area (Å²) in [5, 5.41) is 19.8. The Bertz CT molecular complexity index is 314. The zero-order valence-electron chi connectivity index (χ0n) is 9.14. The summed E-state index contributed by atoms with van der Waals surface area (Å²) in [5.74, 6) is -1.34. The van der Waals surface area contributed by atoms with E-state index in [9.17, 15) is 9.59 Å². The van der Waals surface area contributed by atoms with Crippen molar-refractivity contribution in [2.45, 2.75) is 19.4 Å². The van der Waals surface area contributed by atoms with E-state index in [4.69, 9.17) is 10.2 Å². The maximum atomic E-state index is 11.6. The van der Waals surface area contributed by atoms with Crippen LogP contribution in [-0.4, -0.2) is 52.9 Å². The molecule has 0 spiro atoms. The highest BCUT2D eigenvalue weighted by Crippen LogP contribution is 2.08. The summed E-state index contributed by atoms with van der Waals surface area (Å²) in [5.41, 5.74) is 1.11. The van der Waals surface area contributed by atoms with E-state index < -0.39 is 12.1 Å². The van der Waals surface area contributed by atoms with E-state index in [0.717, 1.165) is 12.0 Å². The molecule has 0 fully saturated rings. The van der Waals surface area contributed by atoms with E-state index in [1.807, 2.05) is 6.92 Å². The first kappa shape index (κ1) is 12.5. The normalized spacial score (nSPS) is 17.6. The Morgan fingerprint density at radius 1 is 1.62 bits per heavy atom. The van der Waals surface area contributed by atoms with Crippen molar-refractivity contribution < 1.29 is 19.8 Å². The summed E-state index contributed by atoms with van der Waals surface area (Å²) in [6.07, 6.45) is 1.32. The summed E-state index contributed by atoms with van der Waals surface area (Å²) in [4.78, 5) is 23.5. The summed E-state index contributed by atoms with van der Waals surface area (Å²) in [7, 11) is 0. The molecule has 90 valence electrons. The van der Waals surface area contributed by atoms with Gasteiger partial charge in [-0.15, -0.1) is 0 Å². The van der Waals surface area contributed by atoms with E-state index in [0.29, 0.717) is 13.1 Å². The summed E-state index contributed by atoms with van der Waals surface area (Å²) in [6.45, 7) is 2.83. The number of carboxylic acid groups (broad SMARTS) is 1. The third-order valence-electron chi connectivity index (χ3n) is 2.35. The van der Waals surface area contributed by atoms with Crippen LogP contribution in [0.15, 0.2) is 11.6 Å². The molecule has 1 rings (SSSR count). The molecule has 16 heavy (non-hydrogen) atoms. The molecule has 0 bridgehead atoms. The molecular weight excluding hydrogens is 212 g/mol. The second kappa shape index (κ2) is 5.50. The van der Waals surface area contributed by atoms with Crippen LogP contribution in [0.2, 0.25) is 0 Å². The van der Waals surface area contributed by atoms with Crippen LogP contribution in [0, 0.1) is 0 Å². The fraction of sp³-hybridized carbons (Fsp3) is 0.600. The molecule has 3 N–H and O–H groups in total. The number of carbonyl (C=O) groups is 2. The number of nitrogens with one attached hydrogen (secondary N) is 1. The van der Waals surface area contributed by atoms with Gasteiger partial charge in [0.15, 0.2) is 6.10 Å². The van der Waals surface area contributed by atoms with Crippen LogP contribution < -0.4 is 5.32 Å². The van der Waals surface area contributed by atoms with Gasteiger partial charge >= 0.3 is 12.0 Å². The number of aliphatic hydroxyl groups is 1. The molecule has 1 aliphatic rings. The lowest BCUT2D eigenvalue weighted by molar-refractivity contribution is -0.146. The number of aliphatic hydroxyl groups excluding tert-OH is 1. The van der Waals surface area contributed by atoms with Gasteiger partial charge in [-0.1, -0.05) is 11.6 Å². The van der Waals surface area contributed by atoms with Crippen LogP contribution in [0.5, 0.6) is 0 Å².